The molecule has 182 valence electrons. The minimum Gasteiger partial charge on any atom is -0.444 e. The van der Waals surface area contributed by atoms with Gasteiger partial charge in [-0.15, -0.1) is 0 Å². The van der Waals surface area contributed by atoms with E-state index in [-0.39, 0.29) is 12.0 Å². The molecule has 1 aliphatic heterocycles. The highest BCUT2D eigenvalue weighted by Crippen LogP contribution is 2.33. The van der Waals surface area contributed by atoms with Crippen LogP contribution in [0.4, 0.5) is 10.5 Å². The van der Waals surface area contributed by atoms with E-state index in [1.165, 1.54) is 5.57 Å². The van der Waals surface area contributed by atoms with E-state index >= 15 is 0 Å². The second-order valence-corrected chi connectivity index (χ2v) is 9.63. The van der Waals surface area contributed by atoms with Crippen LogP contribution in [0.15, 0.2) is 54.1 Å². The Balaban J connectivity index is 1.91. The van der Waals surface area contributed by atoms with Crippen molar-refractivity contribution < 1.29 is 14.3 Å². The van der Waals surface area contributed by atoms with E-state index in [0.717, 1.165) is 29.5 Å². The van der Waals surface area contributed by atoms with E-state index in [9.17, 15) is 9.59 Å². The molecule has 0 aliphatic carbocycles. The van der Waals surface area contributed by atoms with Crippen molar-refractivity contribution in [2.24, 2.45) is 0 Å². The second kappa shape index (κ2) is 10.8. The minimum atomic E-state index is -0.510. The normalized spacial score (nSPS) is 14.0. The van der Waals surface area contributed by atoms with Gasteiger partial charge in [0.2, 0.25) is 0 Å². The number of nitrogens with two attached hydrogens (primary N) is 1. The van der Waals surface area contributed by atoms with Crippen molar-refractivity contribution in [1.29, 1.82) is 0 Å². The lowest BCUT2D eigenvalue weighted by Crippen LogP contribution is -2.40. The SMILES string of the molecule is CCN(CC)C(=O)c1ccc(C(=C2CCN(C(=O)OC(C)(C)C)CC2)c2cccc(N)c2)cc1. The molecule has 0 spiro atoms. The maximum Gasteiger partial charge on any atom is 0.410 e. The van der Waals surface area contributed by atoms with Gasteiger partial charge in [-0.1, -0.05) is 29.8 Å². The molecule has 34 heavy (non-hydrogen) atoms. The topological polar surface area (TPSA) is 75.9 Å². The summed E-state index contributed by atoms with van der Waals surface area (Å²) in [5.74, 6) is 0.0420. The highest BCUT2D eigenvalue weighted by molar-refractivity contribution is 5.95. The summed E-state index contributed by atoms with van der Waals surface area (Å²) >= 11 is 0. The summed E-state index contributed by atoms with van der Waals surface area (Å²) in [6.07, 6.45) is 1.24. The molecule has 3 rings (SSSR count). The molecule has 0 radical (unpaired) electrons. The third-order valence-electron chi connectivity index (χ3n) is 6.02. The van der Waals surface area contributed by atoms with Gasteiger partial charge in [0.25, 0.3) is 5.91 Å². The van der Waals surface area contributed by atoms with Crippen LogP contribution < -0.4 is 5.73 Å². The van der Waals surface area contributed by atoms with Crippen LogP contribution in [-0.4, -0.2) is 53.6 Å². The molecule has 2 aromatic rings. The molecule has 1 aliphatic rings. The summed E-state index contributed by atoms with van der Waals surface area (Å²) in [4.78, 5) is 28.9. The second-order valence-electron chi connectivity index (χ2n) is 9.63. The van der Waals surface area contributed by atoms with Gasteiger partial charge in [-0.2, -0.15) is 0 Å². The first kappa shape index (κ1) is 25.3. The monoisotopic (exact) mass is 463 g/mol. The quantitative estimate of drug-likeness (QED) is 0.587. The fourth-order valence-corrected chi connectivity index (χ4v) is 4.28. The first-order chi connectivity index (χ1) is 16.1. The molecule has 6 heteroatoms. The summed E-state index contributed by atoms with van der Waals surface area (Å²) in [6, 6.07) is 15.7. The number of benzene rings is 2. The molecule has 0 atom stereocenters. The zero-order valence-corrected chi connectivity index (χ0v) is 21.1. The number of anilines is 1. The predicted molar refractivity (Wildman–Crippen MR) is 138 cm³/mol. The lowest BCUT2D eigenvalue weighted by atomic mass is 9.88. The van der Waals surface area contributed by atoms with Crippen LogP contribution in [0.2, 0.25) is 0 Å². The van der Waals surface area contributed by atoms with Crippen molar-refractivity contribution in [3.8, 4) is 0 Å². The lowest BCUT2D eigenvalue weighted by Gasteiger charge is -2.32. The van der Waals surface area contributed by atoms with Crippen LogP contribution >= 0.6 is 0 Å². The van der Waals surface area contributed by atoms with E-state index < -0.39 is 5.60 Å². The molecule has 6 nitrogen and oxygen atoms in total. The van der Waals surface area contributed by atoms with Crippen molar-refractivity contribution >= 4 is 23.3 Å². The van der Waals surface area contributed by atoms with Gasteiger partial charge in [-0.05, 0) is 88.4 Å². The molecule has 0 aromatic heterocycles. The molecule has 2 amide bonds. The molecule has 2 aromatic carbocycles. The molecule has 1 fully saturated rings. The van der Waals surface area contributed by atoms with Crippen LogP contribution in [0.25, 0.3) is 5.57 Å². The van der Waals surface area contributed by atoms with Crippen LogP contribution in [0.3, 0.4) is 0 Å². The summed E-state index contributed by atoms with van der Waals surface area (Å²) in [7, 11) is 0. The van der Waals surface area contributed by atoms with Gasteiger partial charge in [0.15, 0.2) is 0 Å². The number of carbonyl (C=O) groups is 2. The highest BCUT2D eigenvalue weighted by Gasteiger charge is 2.26. The molecule has 0 saturated carbocycles. The average Bonchev–Trinajstić information content (AvgIpc) is 2.80. The number of hydrogen-bond acceptors (Lipinski definition) is 4. The number of likely N-dealkylation sites (tertiary alicyclic amines) is 1. The van der Waals surface area contributed by atoms with Gasteiger partial charge in [0.1, 0.15) is 5.60 Å². The zero-order valence-electron chi connectivity index (χ0n) is 21.1. The number of hydrogen-bond donors (Lipinski definition) is 1. The van der Waals surface area contributed by atoms with Gasteiger partial charge in [-0.25, -0.2) is 4.79 Å². The molecular weight excluding hydrogens is 426 g/mol. The van der Waals surface area contributed by atoms with Crippen LogP contribution in [-0.2, 0) is 4.74 Å². The summed E-state index contributed by atoms with van der Waals surface area (Å²) in [5, 5.41) is 0. The van der Waals surface area contributed by atoms with Gasteiger partial charge in [-0.3, -0.25) is 4.79 Å². The van der Waals surface area contributed by atoms with Crippen LogP contribution in [0, 0.1) is 0 Å². The third-order valence-corrected chi connectivity index (χ3v) is 6.02. The van der Waals surface area contributed by atoms with Crippen molar-refractivity contribution in [1.82, 2.24) is 9.80 Å². The molecular formula is C28H37N3O3. The van der Waals surface area contributed by atoms with E-state index in [2.05, 4.69) is 6.07 Å². The number of carbonyl (C=O) groups excluding carboxylic acids is 2. The van der Waals surface area contributed by atoms with Gasteiger partial charge < -0.3 is 20.3 Å². The first-order valence-corrected chi connectivity index (χ1v) is 12.1. The van der Waals surface area contributed by atoms with E-state index in [1.54, 1.807) is 4.90 Å². The number of piperidine rings is 1. The third kappa shape index (κ3) is 6.19. The Hall–Kier alpha value is -3.28. The summed E-state index contributed by atoms with van der Waals surface area (Å²) < 4.78 is 5.55. The Morgan fingerprint density at radius 2 is 1.53 bits per heavy atom. The fraction of sp³-hybridized carbons (Fsp3) is 0.429. The van der Waals surface area contributed by atoms with Crippen molar-refractivity contribution in [2.45, 2.75) is 53.1 Å². The number of ether oxygens (including phenoxy) is 1. The van der Waals surface area contributed by atoms with Gasteiger partial charge in [0, 0.05) is 37.4 Å². The van der Waals surface area contributed by atoms with Crippen LogP contribution in [0.1, 0.15) is 68.9 Å². The molecule has 1 saturated heterocycles. The van der Waals surface area contributed by atoms with Crippen molar-refractivity contribution in [3.63, 3.8) is 0 Å². The number of rotatable bonds is 5. The zero-order chi connectivity index (χ0) is 24.9. The first-order valence-electron chi connectivity index (χ1n) is 12.1. The van der Waals surface area contributed by atoms with Gasteiger partial charge >= 0.3 is 6.09 Å². The Labute approximate surface area is 203 Å². The minimum absolute atomic E-state index is 0.0420. The lowest BCUT2D eigenvalue weighted by molar-refractivity contribution is 0.0236. The van der Waals surface area contributed by atoms with Crippen molar-refractivity contribution in [2.75, 3.05) is 31.9 Å². The van der Waals surface area contributed by atoms with Gasteiger partial charge in [0.05, 0.1) is 0 Å². The summed E-state index contributed by atoms with van der Waals surface area (Å²) in [5.41, 5.74) is 11.5. The average molecular weight is 464 g/mol. The van der Waals surface area contributed by atoms with E-state index in [4.69, 9.17) is 10.5 Å². The predicted octanol–water partition coefficient (Wildman–Crippen LogP) is 5.58. The molecule has 2 N–H and O–H groups in total. The maximum absolute atomic E-state index is 12.8. The number of nitrogens with zero attached hydrogens (tertiary/aromatic N) is 2. The Morgan fingerprint density at radius 1 is 0.941 bits per heavy atom. The Morgan fingerprint density at radius 3 is 2.06 bits per heavy atom. The molecule has 0 unspecified atom stereocenters. The van der Waals surface area contributed by atoms with E-state index in [1.807, 2.05) is 82.0 Å². The highest BCUT2D eigenvalue weighted by atomic mass is 16.6. The van der Waals surface area contributed by atoms with E-state index in [0.29, 0.717) is 37.4 Å². The standard InChI is InChI=1S/C28H37N3O3/c1-6-30(7-2)26(32)22-13-11-20(12-14-22)25(23-9-8-10-24(29)19-23)21-15-17-31(18-16-21)27(33)34-28(3,4)5/h8-14,19H,6-7,15-18,29H2,1-5H3. The largest absolute Gasteiger partial charge is 0.444 e. The number of nitrogen functional groups attached to an aromatic ring is 1. The Bertz CT molecular complexity index is 1040. The molecule has 0 bridgehead atoms. The fourth-order valence-electron chi connectivity index (χ4n) is 4.28. The van der Waals surface area contributed by atoms with Crippen molar-refractivity contribution in [3.05, 3.63) is 70.8 Å². The number of amides is 2. The molecule has 1 heterocycles. The summed E-state index contributed by atoms with van der Waals surface area (Å²) in [6.45, 7) is 12.2. The smallest absolute Gasteiger partial charge is 0.410 e. The maximum atomic E-state index is 12.8. The Kier molecular flexibility index (Phi) is 8.02. The van der Waals surface area contributed by atoms with Crippen LogP contribution in [0.5, 0.6) is 0 Å².